The number of rotatable bonds is 2. The Balaban J connectivity index is 0.00000176. The standard InChI is InChI=1S/C14H16N6S.ClH/c1-8-6-17-18-11-4-10(9-2-3-21-7-9)5-12(13(8)11)19-20-14(15)16;/h2-3,6-7,10H,4-5H2,1H3,(H4,15,16,20);1H. The van der Waals surface area contributed by atoms with Crippen LogP contribution in [0, 0.1) is 12.3 Å². The Morgan fingerprint density at radius 2 is 2.32 bits per heavy atom. The topological polar surface area (TPSA) is 100 Å². The van der Waals surface area contributed by atoms with E-state index in [1.807, 2.05) is 6.92 Å². The molecule has 3 rings (SSSR count). The van der Waals surface area contributed by atoms with E-state index in [1.165, 1.54) is 5.56 Å². The molecule has 2 aromatic rings. The number of guanidine groups is 1. The van der Waals surface area contributed by atoms with Crippen molar-refractivity contribution in [2.45, 2.75) is 25.7 Å². The highest BCUT2D eigenvalue weighted by molar-refractivity contribution is 7.08. The Kier molecular flexibility index (Phi) is 5.10. The number of aromatic nitrogens is 2. The molecule has 116 valence electrons. The zero-order chi connectivity index (χ0) is 14.8. The fourth-order valence-electron chi connectivity index (χ4n) is 2.68. The number of hydrogen-bond donors (Lipinski definition) is 3. The van der Waals surface area contributed by atoms with Gasteiger partial charge in [0.05, 0.1) is 17.6 Å². The van der Waals surface area contributed by atoms with E-state index in [-0.39, 0.29) is 18.4 Å². The van der Waals surface area contributed by atoms with E-state index < -0.39 is 0 Å². The summed E-state index contributed by atoms with van der Waals surface area (Å²) in [6, 6.07) is 2.14. The van der Waals surface area contributed by atoms with Gasteiger partial charge in [-0.3, -0.25) is 5.41 Å². The van der Waals surface area contributed by atoms with Gasteiger partial charge in [-0.25, -0.2) is 5.43 Å². The number of halogens is 1. The van der Waals surface area contributed by atoms with Crippen LogP contribution in [0.25, 0.3) is 0 Å². The second kappa shape index (κ2) is 6.85. The molecule has 0 aliphatic heterocycles. The van der Waals surface area contributed by atoms with Gasteiger partial charge in [0.25, 0.3) is 0 Å². The van der Waals surface area contributed by atoms with Gasteiger partial charge in [-0.2, -0.15) is 26.6 Å². The van der Waals surface area contributed by atoms with Crippen molar-refractivity contribution in [1.29, 1.82) is 5.41 Å². The van der Waals surface area contributed by atoms with Gasteiger partial charge >= 0.3 is 0 Å². The Morgan fingerprint density at radius 1 is 1.50 bits per heavy atom. The van der Waals surface area contributed by atoms with Gasteiger partial charge < -0.3 is 5.73 Å². The third kappa shape index (κ3) is 3.26. The first-order valence-electron chi connectivity index (χ1n) is 6.65. The minimum absolute atomic E-state index is 0. The quantitative estimate of drug-likeness (QED) is 0.444. The molecular weight excluding hydrogens is 320 g/mol. The summed E-state index contributed by atoms with van der Waals surface area (Å²) < 4.78 is 0. The van der Waals surface area contributed by atoms with Crippen molar-refractivity contribution in [3.8, 4) is 0 Å². The predicted octanol–water partition coefficient (Wildman–Crippen LogP) is 2.19. The Morgan fingerprint density at radius 3 is 3.00 bits per heavy atom. The van der Waals surface area contributed by atoms with Gasteiger partial charge in [0.2, 0.25) is 5.96 Å². The van der Waals surface area contributed by atoms with Gasteiger partial charge in [-0.05, 0) is 53.6 Å². The molecule has 22 heavy (non-hydrogen) atoms. The molecule has 0 bridgehead atoms. The van der Waals surface area contributed by atoms with Gasteiger partial charge in [-0.1, -0.05) is 0 Å². The number of nitrogens with one attached hydrogen (secondary N) is 2. The van der Waals surface area contributed by atoms with Crippen molar-refractivity contribution in [2.24, 2.45) is 10.8 Å². The van der Waals surface area contributed by atoms with Crippen molar-refractivity contribution in [3.63, 3.8) is 0 Å². The first-order chi connectivity index (χ1) is 10.1. The van der Waals surface area contributed by atoms with Crippen LogP contribution in [0.4, 0.5) is 0 Å². The van der Waals surface area contributed by atoms with Gasteiger partial charge in [-0.15, -0.1) is 12.4 Å². The van der Waals surface area contributed by atoms with E-state index in [0.29, 0.717) is 5.92 Å². The van der Waals surface area contributed by atoms with Crippen LogP contribution >= 0.6 is 23.7 Å². The summed E-state index contributed by atoms with van der Waals surface area (Å²) in [6.45, 7) is 2.00. The number of thiophene rings is 1. The van der Waals surface area contributed by atoms with E-state index in [1.54, 1.807) is 17.5 Å². The van der Waals surface area contributed by atoms with Gasteiger partial charge in [0, 0.05) is 5.56 Å². The van der Waals surface area contributed by atoms with Crippen molar-refractivity contribution in [2.75, 3.05) is 0 Å². The SMILES string of the molecule is Cc1cnnc2c1C(=NNC(=N)N)CC(c1ccsc1)C2.Cl. The molecule has 2 aromatic heterocycles. The Bertz CT molecular complexity index is 697. The van der Waals surface area contributed by atoms with Gasteiger partial charge in [0.15, 0.2) is 0 Å². The maximum absolute atomic E-state index is 7.27. The minimum atomic E-state index is -0.165. The maximum Gasteiger partial charge on any atom is 0.206 e. The highest BCUT2D eigenvalue weighted by atomic mass is 35.5. The number of hydrazone groups is 1. The Hall–Kier alpha value is -1.99. The van der Waals surface area contributed by atoms with E-state index in [2.05, 4.69) is 37.6 Å². The summed E-state index contributed by atoms with van der Waals surface area (Å²) in [6.07, 6.45) is 3.41. The highest BCUT2D eigenvalue weighted by Gasteiger charge is 2.28. The number of fused-ring (bicyclic) bond motifs is 1. The lowest BCUT2D eigenvalue weighted by molar-refractivity contribution is 0.665. The molecule has 1 aliphatic carbocycles. The third-order valence-corrected chi connectivity index (χ3v) is 4.31. The molecule has 0 saturated carbocycles. The average molecular weight is 337 g/mol. The largest absolute Gasteiger partial charge is 0.369 e. The number of nitrogens with two attached hydrogens (primary N) is 1. The smallest absolute Gasteiger partial charge is 0.206 e. The zero-order valence-electron chi connectivity index (χ0n) is 12.0. The van der Waals surface area contributed by atoms with Crippen LogP contribution in [-0.4, -0.2) is 21.9 Å². The monoisotopic (exact) mass is 336 g/mol. The second-order valence-electron chi connectivity index (χ2n) is 5.10. The summed E-state index contributed by atoms with van der Waals surface area (Å²) in [4.78, 5) is 0. The van der Waals surface area contributed by atoms with E-state index in [0.717, 1.165) is 35.4 Å². The minimum Gasteiger partial charge on any atom is -0.369 e. The van der Waals surface area contributed by atoms with Crippen molar-refractivity contribution >= 4 is 35.4 Å². The summed E-state index contributed by atoms with van der Waals surface area (Å²) >= 11 is 1.69. The fraction of sp³-hybridized carbons (Fsp3) is 0.286. The molecule has 0 radical (unpaired) electrons. The van der Waals surface area contributed by atoms with E-state index >= 15 is 0 Å². The average Bonchev–Trinajstić information content (AvgIpc) is 2.98. The summed E-state index contributed by atoms with van der Waals surface area (Å²) in [5, 5.41) is 24.1. The van der Waals surface area contributed by atoms with Crippen molar-refractivity contribution < 1.29 is 0 Å². The number of nitrogens with zero attached hydrogens (tertiary/aromatic N) is 3. The molecule has 1 aliphatic rings. The number of aryl methyl sites for hydroxylation is 1. The molecule has 4 N–H and O–H groups in total. The molecule has 1 unspecified atom stereocenters. The van der Waals surface area contributed by atoms with E-state index in [4.69, 9.17) is 11.1 Å². The van der Waals surface area contributed by atoms with Crippen LogP contribution in [0.5, 0.6) is 0 Å². The van der Waals surface area contributed by atoms with Crippen LogP contribution in [-0.2, 0) is 6.42 Å². The second-order valence-corrected chi connectivity index (χ2v) is 5.88. The molecular formula is C14H17ClN6S. The van der Waals surface area contributed by atoms with Crippen molar-refractivity contribution in [1.82, 2.24) is 15.6 Å². The van der Waals surface area contributed by atoms with Crippen molar-refractivity contribution in [3.05, 3.63) is 45.4 Å². The molecule has 6 nitrogen and oxygen atoms in total. The lowest BCUT2D eigenvalue weighted by Gasteiger charge is -2.25. The maximum atomic E-state index is 7.27. The van der Waals surface area contributed by atoms with Crippen LogP contribution in [0.1, 0.15) is 34.7 Å². The predicted molar refractivity (Wildman–Crippen MR) is 91.0 cm³/mol. The molecule has 0 aromatic carbocycles. The lowest BCUT2D eigenvalue weighted by Crippen LogP contribution is -2.29. The summed E-state index contributed by atoms with van der Waals surface area (Å²) in [5.41, 5.74) is 13.1. The molecule has 2 heterocycles. The molecule has 8 heteroatoms. The van der Waals surface area contributed by atoms with E-state index in [9.17, 15) is 0 Å². The lowest BCUT2D eigenvalue weighted by atomic mass is 9.81. The summed E-state index contributed by atoms with van der Waals surface area (Å²) in [7, 11) is 0. The van der Waals surface area contributed by atoms with Crippen LogP contribution in [0.15, 0.2) is 28.1 Å². The third-order valence-electron chi connectivity index (χ3n) is 3.61. The molecule has 0 fully saturated rings. The Labute approximate surface area is 138 Å². The summed E-state index contributed by atoms with van der Waals surface area (Å²) in [5.74, 6) is 0.175. The van der Waals surface area contributed by atoms with Crippen LogP contribution in [0.2, 0.25) is 0 Å². The molecule has 0 saturated heterocycles. The first kappa shape index (κ1) is 16.4. The highest BCUT2D eigenvalue weighted by Crippen LogP contribution is 2.33. The first-order valence-corrected chi connectivity index (χ1v) is 7.59. The number of hydrogen-bond acceptors (Lipinski definition) is 5. The molecule has 0 amide bonds. The van der Waals surface area contributed by atoms with Gasteiger partial charge in [0.1, 0.15) is 0 Å². The fourth-order valence-corrected chi connectivity index (χ4v) is 3.42. The molecule has 1 atom stereocenters. The normalized spacial score (nSPS) is 18.4. The van der Waals surface area contributed by atoms with Crippen LogP contribution in [0.3, 0.4) is 0 Å². The molecule has 0 spiro atoms. The zero-order valence-corrected chi connectivity index (χ0v) is 13.7. The van der Waals surface area contributed by atoms with Crippen LogP contribution < -0.4 is 11.2 Å².